The first-order valence-corrected chi connectivity index (χ1v) is 8.23. The molecule has 0 atom stereocenters. The molecule has 1 aliphatic rings. The van der Waals surface area contributed by atoms with E-state index in [0.29, 0.717) is 4.99 Å². The lowest BCUT2D eigenvalue weighted by molar-refractivity contribution is 0.233. The molecule has 0 bridgehead atoms. The van der Waals surface area contributed by atoms with Crippen LogP contribution < -0.4 is 5.73 Å². The number of nitrogens with two attached hydrogens (primary N) is 1. The smallest absolute Gasteiger partial charge is 0.0891 e. The van der Waals surface area contributed by atoms with Crippen molar-refractivity contribution in [2.45, 2.75) is 17.6 Å². The number of piperidine rings is 1. The number of rotatable bonds is 5. The Hall–Kier alpha value is 0.550. The van der Waals surface area contributed by atoms with Crippen molar-refractivity contribution in [2.75, 3.05) is 37.9 Å². The number of hydrogen-bond donors (Lipinski definition) is 1. The minimum atomic E-state index is 0.0746. The van der Waals surface area contributed by atoms with E-state index in [1.807, 2.05) is 23.5 Å². The Kier molecular flexibility index (Phi) is 5.74. The first-order valence-electron chi connectivity index (χ1n) is 5.21. The number of nitrogens with zero attached hydrogens (tertiary/aromatic N) is 1. The largest absolute Gasteiger partial charge is 0.392 e. The Bertz CT molecular complexity index is 213. The summed E-state index contributed by atoms with van der Waals surface area (Å²) >= 11 is 8.93. The van der Waals surface area contributed by atoms with Gasteiger partial charge in [-0.25, -0.2) is 0 Å². The van der Waals surface area contributed by atoms with Crippen LogP contribution in [0.2, 0.25) is 0 Å². The van der Waals surface area contributed by atoms with Gasteiger partial charge in [0, 0.05) is 12.3 Å². The molecule has 0 amide bonds. The fraction of sp³-hybridized carbons (Fsp3) is 0.900. The number of hydrogen-bond acceptors (Lipinski definition) is 4. The monoisotopic (exact) mass is 264 g/mol. The van der Waals surface area contributed by atoms with E-state index in [4.69, 9.17) is 18.0 Å². The van der Waals surface area contributed by atoms with Crippen molar-refractivity contribution in [1.29, 1.82) is 0 Å². The predicted molar refractivity (Wildman–Crippen MR) is 77.1 cm³/mol. The van der Waals surface area contributed by atoms with Crippen LogP contribution in [0.1, 0.15) is 12.8 Å². The van der Waals surface area contributed by atoms with Crippen LogP contribution >= 0.6 is 35.7 Å². The van der Waals surface area contributed by atoms with Gasteiger partial charge in [-0.05, 0) is 38.4 Å². The molecule has 0 unspecified atom stereocenters. The van der Waals surface area contributed by atoms with E-state index >= 15 is 0 Å². The molecule has 1 aliphatic heterocycles. The summed E-state index contributed by atoms with van der Waals surface area (Å²) in [5.74, 6) is 1.22. The number of thioether (sulfide) groups is 2. The number of thiocarbonyl (C=S) groups is 1. The zero-order chi connectivity index (χ0) is 11.3. The maximum absolute atomic E-state index is 5.85. The first kappa shape index (κ1) is 13.6. The lowest BCUT2D eigenvalue weighted by Crippen LogP contribution is -2.49. The highest BCUT2D eigenvalue weighted by Crippen LogP contribution is 2.34. The quantitative estimate of drug-likeness (QED) is 0.765. The molecule has 1 fully saturated rings. The van der Waals surface area contributed by atoms with Gasteiger partial charge in [0.2, 0.25) is 0 Å². The van der Waals surface area contributed by atoms with Gasteiger partial charge in [-0.2, -0.15) is 23.5 Å². The van der Waals surface area contributed by atoms with E-state index in [1.54, 1.807) is 0 Å². The molecule has 0 aliphatic carbocycles. The second kappa shape index (κ2) is 6.33. The third-order valence-electron chi connectivity index (χ3n) is 3.12. The van der Waals surface area contributed by atoms with Crippen molar-refractivity contribution < 1.29 is 0 Å². The third-order valence-corrected chi connectivity index (χ3v) is 5.64. The van der Waals surface area contributed by atoms with Gasteiger partial charge in [0.1, 0.15) is 0 Å². The number of likely N-dealkylation sites (tertiary alicyclic amines) is 1. The topological polar surface area (TPSA) is 29.3 Å². The summed E-state index contributed by atoms with van der Waals surface area (Å²) in [6.07, 6.45) is 6.50. The van der Waals surface area contributed by atoms with Crippen LogP contribution in [0.4, 0.5) is 0 Å². The third kappa shape index (κ3) is 3.51. The molecule has 5 heteroatoms. The van der Waals surface area contributed by atoms with Crippen molar-refractivity contribution in [3.05, 3.63) is 0 Å². The van der Waals surface area contributed by atoms with Crippen LogP contribution in [0, 0.1) is 0 Å². The van der Waals surface area contributed by atoms with Crippen LogP contribution in [0.15, 0.2) is 0 Å². The molecule has 0 spiro atoms. The van der Waals surface area contributed by atoms with Gasteiger partial charge in [0.05, 0.1) is 9.74 Å². The van der Waals surface area contributed by atoms with Crippen molar-refractivity contribution in [3.63, 3.8) is 0 Å². The Morgan fingerprint density at radius 2 is 2.00 bits per heavy atom. The Balaban J connectivity index is 2.42. The second-order valence-electron chi connectivity index (χ2n) is 3.90. The zero-order valence-electron chi connectivity index (χ0n) is 9.49. The summed E-state index contributed by atoms with van der Waals surface area (Å²) in [6, 6.07) is 0. The molecular weight excluding hydrogens is 244 g/mol. The molecule has 1 rings (SSSR count). The molecular formula is C10H20N2S3. The molecule has 15 heavy (non-hydrogen) atoms. The average Bonchev–Trinajstić information content (AvgIpc) is 2.27. The first-order chi connectivity index (χ1) is 7.14. The highest BCUT2D eigenvalue weighted by molar-refractivity contribution is 8.02. The molecule has 0 aromatic carbocycles. The maximum Gasteiger partial charge on any atom is 0.0891 e. The van der Waals surface area contributed by atoms with E-state index in [-0.39, 0.29) is 4.75 Å². The van der Waals surface area contributed by atoms with Gasteiger partial charge in [0.15, 0.2) is 0 Å². The van der Waals surface area contributed by atoms with Gasteiger partial charge < -0.3 is 10.6 Å². The summed E-state index contributed by atoms with van der Waals surface area (Å²) in [5.41, 5.74) is 5.85. The lowest BCUT2D eigenvalue weighted by Gasteiger charge is -2.40. The molecule has 0 radical (unpaired) electrons. The SMILES string of the molecule is CSCCN1CCC(SC)(C(N)=S)CC1. The lowest BCUT2D eigenvalue weighted by atomic mass is 9.95. The summed E-state index contributed by atoms with van der Waals surface area (Å²) in [5, 5.41) is 0. The van der Waals surface area contributed by atoms with Crippen molar-refractivity contribution >= 4 is 40.7 Å². The fourth-order valence-electron chi connectivity index (χ4n) is 1.91. The molecule has 0 aromatic heterocycles. The Morgan fingerprint density at radius 1 is 1.40 bits per heavy atom. The molecule has 88 valence electrons. The average molecular weight is 264 g/mol. The standard InChI is InChI=1S/C10H20N2S3/c1-14-8-7-12-5-3-10(15-2,4-6-12)9(11)13/h3-8H2,1-2H3,(H2,11,13). The van der Waals surface area contributed by atoms with Crippen molar-refractivity contribution in [1.82, 2.24) is 4.90 Å². The van der Waals surface area contributed by atoms with Crippen molar-refractivity contribution in [2.24, 2.45) is 5.73 Å². The van der Waals surface area contributed by atoms with Gasteiger partial charge in [-0.15, -0.1) is 0 Å². The zero-order valence-corrected chi connectivity index (χ0v) is 11.9. The van der Waals surface area contributed by atoms with Crippen LogP contribution in [0.25, 0.3) is 0 Å². The van der Waals surface area contributed by atoms with E-state index in [0.717, 1.165) is 25.9 Å². The molecule has 1 saturated heterocycles. The van der Waals surface area contributed by atoms with Crippen LogP contribution in [0.5, 0.6) is 0 Å². The molecule has 0 aromatic rings. The van der Waals surface area contributed by atoms with E-state index in [9.17, 15) is 0 Å². The van der Waals surface area contributed by atoms with Crippen molar-refractivity contribution in [3.8, 4) is 0 Å². The molecule has 1 heterocycles. The van der Waals surface area contributed by atoms with E-state index in [2.05, 4.69) is 17.4 Å². The highest BCUT2D eigenvalue weighted by atomic mass is 32.2. The van der Waals surface area contributed by atoms with Gasteiger partial charge in [0.25, 0.3) is 0 Å². The second-order valence-corrected chi connectivity index (χ2v) is 6.51. The van der Waals surface area contributed by atoms with Crippen LogP contribution in [0.3, 0.4) is 0 Å². The summed E-state index contributed by atoms with van der Waals surface area (Å²) in [4.78, 5) is 3.21. The van der Waals surface area contributed by atoms with E-state index < -0.39 is 0 Å². The van der Waals surface area contributed by atoms with Crippen LogP contribution in [-0.4, -0.2) is 52.5 Å². The Labute approximate surface area is 107 Å². The summed E-state index contributed by atoms with van der Waals surface area (Å²) in [7, 11) is 0. The predicted octanol–water partition coefficient (Wildman–Crippen LogP) is 1.83. The highest BCUT2D eigenvalue weighted by Gasteiger charge is 2.36. The van der Waals surface area contributed by atoms with Gasteiger partial charge in [-0.3, -0.25) is 0 Å². The van der Waals surface area contributed by atoms with Gasteiger partial charge >= 0.3 is 0 Å². The molecule has 2 nitrogen and oxygen atoms in total. The Morgan fingerprint density at radius 3 is 2.40 bits per heavy atom. The van der Waals surface area contributed by atoms with E-state index in [1.165, 1.54) is 12.3 Å². The van der Waals surface area contributed by atoms with Crippen LogP contribution in [-0.2, 0) is 0 Å². The maximum atomic E-state index is 5.85. The normalized spacial score (nSPS) is 21.5. The minimum absolute atomic E-state index is 0.0746. The minimum Gasteiger partial charge on any atom is -0.392 e. The summed E-state index contributed by atoms with van der Waals surface area (Å²) in [6.45, 7) is 3.47. The molecule has 2 N–H and O–H groups in total. The summed E-state index contributed by atoms with van der Waals surface area (Å²) < 4.78 is 0.0746. The fourth-order valence-corrected chi connectivity index (χ4v) is 3.60. The van der Waals surface area contributed by atoms with Gasteiger partial charge in [-0.1, -0.05) is 12.2 Å². The molecule has 0 saturated carbocycles.